The molecule has 1 amide bonds. The highest BCUT2D eigenvalue weighted by Gasteiger charge is 2.27. The molecule has 0 heterocycles. The number of hydrogen-bond donors (Lipinski definition) is 1. The highest BCUT2D eigenvalue weighted by Crippen LogP contribution is 2.25. The summed E-state index contributed by atoms with van der Waals surface area (Å²) in [6.45, 7) is -1.47. The number of rotatable bonds is 9. The Morgan fingerprint density at radius 1 is 1.22 bits per heavy atom. The summed E-state index contributed by atoms with van der Waals surface area (Å²) >= 11 is 0. The van der Waals surface area contributed by atoms with Crippen molar-refractivity contribution in [2.45, 2.75) is 19.0 Å². The van der Waals surface area contributed by atoms with Gasteiger partial charge in [0.2, 0.25) is 5.91 Å². The number of aryl methyl sites for hydroxylation is 1. The third kappa shape index (κ3) is 7.73. The SMILES string of the molecule is COc1ccc(OC)c(CCC(=O)NCCOCC(F)(F)F)c1. The van der Waals surface area contributed by atoms with Crippen molar-refractivity contribution in [3.05, 3.63) is 23.8 Å². The van der Waals surface area contributed by atoms with Crippen molar-refractivity contribution < 1.29 is 32.2 Å². The molecule has 1 N–H and O–H groups in total. The van der Waals surface area contributed by atoms with E-state index in [1.807, 2.05) is 0 Å². The van der Waals surface area contributed by atoms with E-state index < -0.39 is 12.8 Å². The molecule has 0 fully saturated rings. The molecule has 5 nitrogen and oxygen atoms in total. The highest BCUT2D eigenvalue weighted by molar-refractivity contribution is 5.76. The van der Waals surface area contributed by atoms with Crippen LogP contribution < -0.4 is 14.8 Å². The fourth-order valence-corrected chi connectivity index (χ4v) is 1.86. The molecular formula is C15H20F3NO4. The van der Waals surface area contributed by atoms with Gasteiger partial charge in [-0.05, 0) is 30.2 Å². The van der Waals surface area contributed by atoms with Crippen molar-refractivity contribution in [3.8, 4) is 11.5 Å². The van der Waals surface area contributed by atoms with Gasteiger partial charge in [0.1, 0.15) is 18.1 Å². The number of alkyl halides is 3. The molecule has 130 valence electrons. The van der Waals surface area contributed by atoms with E-state index in [1.165, 1.54) is 7.11 Å². The maximum atomic E-state index is 11.8. The van der Waals surface area contributed by atoms with E-state index in [9.17, 15) is 18.0 Å². The fraction of sp³-hybridized carbons (Fsp3) is 0.533. The predicted octanol–water partition coefficient (Wildman–Crippen LogP) is 2.33. The molecule has 0 atom stereocenters. The van der Waals surface area contributed by atoms with Crippen LogP contribution in [0.1, 0.15) is 12.0 Å². The smallest absolute Gasteiger partial charge is 0.411 e. The van der Waals surface area contributed by atoms with Crippen LogP contribution in [0.2, 0.25) is 0 Å². The highest BCUT2D eigenvalue weighted by atomic mass is 19.4. The second-order valence-corrected chi connectivity index (χ2v) is 4.70. The number of hydrogen-bond acceptors (Lipinski definition) is 4. The summed E-state index contributed by atoms with van der Waals surface area (Å²) in [4.78, 5) is 11.7. The third-order valence-electron chi connectivity index (χ3n) is 2.94. The monoisotopic (exact) mass is 335 g/mol. The van der Waals surface area contributed by atoms with Gasteiger partial charge in [-0.15, -0.1) is 0 Å². The Labute approximate surface area is 132 Å². The minimum absolute atomic E-state index is 0.0319. The Bertz CT molecular complexity index is 506. The van der Waals surface area contributed by atoms with E-state index in [4.69, 9.17) is 9.47 Å². The number of carbonyl (C=O) groups excluding carboxylic acids is 1. The maximum Gasteiger partial charge on any atom is 0.411 e. The van der Waals surface area contributed by atoms with Gasteiger partial charge in [0.15, 0.2) is 0 Å². The summed E-state index contributed by atoms with van der Waals surface area (Å²) in [5, 5.41) is 2.50. The van der Waals surface area contributed by atoms with Gasteiger partial charge >= 0.3 is 6.18 Å². The molecule has 0 bridgehead atoms. The van der Waals surface area contributed by atoms with Crippen LogP contribution in [0, 0.1) is 0 Å². The summed E-state index contributed by atoms with van der Waals surface area (Å²) in [6, 6.07) is 5.27. The first kappa shape index (κ1) is 19.1. The zero-order valence-corrected chi connectivity index (χ0v) is 13.0. The van der Waals surface area contributed by atoms with Gasteiger partial charge in [0.25, 0.3) is 0 Å². The van der Waals surface area contributed by atoms with Crippen LogP contribution in [-0.4, -0.2) is 46.1 Å². The number of benzene rings is 1. The average molecular weight is 335 g/mol. The van der Waals surface area contributed by atoms with Gasteiger partial charge in [-0.25, -0.2) is 0 Å². The van der Waals surface area contributed by atoms with Gasteiger partial charge in [0.05, 0.1) is 20.8 Å². The number of amides is 1. The Kier molecular flexibility index (Phi) is 7.67. The minimum atomic E-state index is -4.35. The van der Waals surface area contributed by atoms with E-state index in [-0.39, 0.29) is 25.5 Å². The van der Waals surface area contributed by atoms with Crippen molar-refractivity contribution in [2.75, 3.05) is 34.0 Å². The van der Waals surface area contributed by atoms with Crippen LogP contribution in [0.3, 0.4) is 0 Å². The summed E-state index contributed by atoms with van der Waals surface area (Å²) < 4.78 is 50.3. The van der Waals surface area contributed by atoms with Crippen LogP contribution in [0.15, 0.2) is 18.2 Å². The molecule has 1 aromatic carbocycles. The molecule has 0 aromatic heterocycles. The number of methoxy groups -OCH3 is 2. The topological polar surface area (TPSA) is 56.8 Å². The Morgan fingerprint density at radius 2 is 1.96 bits per heavy atom. The van der Waals surface area contributed by atoms with Gasteiger partial charge < -0.3 is 19.5 Å². The second kappa shape index (κ2) is 9.24. The van der Waals surface area contributed by atoms with Gasteiger partial charge in [-0.3, -0.25) is 4.79 Å². The van der Waals surface area contributed by atoms with E-state index in [0.29, 0.717) is 17.9 Å². The van der Waals surface area contributed by atoms with Crippen LogP contribution in [0.25, 0.3) is 0 Å². The third-order valence-corrected chi connectivity index (χ3v) is 2.94. The van der Waals surface area contributed by atoms with Crippen LogP contribution >= 0.6 is 0 Å². The van der Waals surface area contributed by atoms with Crippen LogP contribution in [-0.2, 0) is 16.0 Å². The van der Waals surface area contributed by atoms with E-state index in [0.717, 1.165) is 5.56 Å². The lowest BCUT2D eigenvalue weighted by Gasteiger charge is -2.11. The molecule has 1 rings (SSSR count). The lowest BCUT2D eigenvalue weighted by molar-refractivity contribution is -0.173. The molecule has 8 heteroatoms. The maximum absolute atomic E-state index is 11.8. The first-order valence-electron chi connectivity index (χ1n) is 6.98. The first-order valence-corrected chi connectivity index (χ1v) is 6.98. The fourth-order valence-electron chi connectivity index (χ4n) is 1.86. The van der Waals surface area contributed by atoms with Gasteiger partial charge in [-0.2, -0.15) is 13.2 Å². The number of carbonyl (C=O) groups is 1. The van der Waals surface area contributed by atoms with Crippen molar-refractivity contribution in [2.24, 2.45) is 0 Å². The zero-order chi connectivity index (χ0) is 17.3. The van der Waals surface area contributed by atoms with E-state index >= 15 is 0 Å². The Morgan fingerprint density at radius 3 is 2.57 bits per heavy atom. The first-order chi connectivity index (χ1) is 10.9. The summed E-state index contributed by atoms with van der Waals surface area (Å²) in [5.41, 5.74) is 0.815. The van der Waals surface area contributed by atoms with Crippen LogP contribution in [0.4, 0.5) is 13.2 Å². The van der Waals surface area contributed by atoms with Crippen molar-refractivity contribution in [3.63, 3.8) is 0 Å². The van der Waals surface area contributed by atoms with Crippen molar-refractivity contribution in [1.82, 2.24) is 5.32 Å². The normalized spacial score (nSPS) is 11.2. The van der Waals surface area contributed by atoms with Crippen LogP contribution in [0.5, 0.6) is 11.5 Å². The van der Waals surface area contributed by atoms with Gasteiger partial charge in [-0.1, -0.05) is 0 Å². The molecule has 0 aliphatic carbocycles. The average Bonchev–Trinajstić information content (AvgIpc) is 2.51. The lowest BCUT2D eigenvalue weighted by atomic mass is 10.1. The summed E-state index contributed by atoms with van der Waals surface area (Å²) in [7, 11) is 3.07. The standard InChI is InChI=1S/C15H20F3NO4/c1-21-12-4-5-13(22-2)11(9-12)3-6-14(20)19-7-8-23-10-15(16,17)18/h4-5,9H,3,6-8,10H2,1-2H3,(H,19,20). The second-order valence-electron chi connectivity index (χ2n) is 4.70. The Balaban J connectivity index is 2.33. The molecule has 0 spiro atoms. The van der Waals surface area contributed by atoms with E-state index in [2.05, 4.69) is 10.1 Å². The number of ether oxygens (including phenoxy) is 3. The molecule has 0 radical (unpaired) electrons. The molecule has 1 aromatic rings. The molecule has 0 aliphatic rings. The molecule has 23 heavy (non-hydrogen) atoms. The molecular weight excluding hydrogens is 315 g/mol. The quantitative estimate of drug-likeness (QED) is 0.704. The summed E-state index contributed by atoms with van der Waals surface area (Å²) in [6.07, 6.45) is -3.74. The number of nitrogens with one attached hydrogen (secondary N) is 1. The van der Waals surface area contributed by atoms with Gasteiger partial charge in [0, 0.05) is 13.0 Å². The Hall–Kier alpha value is -1.96. The van der Waals surface area contributed by atoms with Crippen molar-refractivity contribution in [1.29, 1.82) is 0 Å². The largest absolute Gasteiger partial charge is 0.497 e. The zero-order valence-electron chi connectivity index (χ0n) is 13.0. The lowest BCUT2D eigenvalue weighted by Crippen LogP contribution is -2.29. The predicted molar refractivity (Wildman–Crippen MR) is 77.8 cm³/mol. The number of halogens is 3. The summed E-state index contributed by atoms with van der Waals surface area (Å²) in [5.74, 6) is 1.03. The molecule has 0 unspecified atom stereocenters. The molecule has 0 aliphatic heterocycles. The molecule has 0 saturated carbocycles. The van der Waals surface area contributed by atoms with E-state index in [1.54, 1.807) is 25.3 Å². The minimum Gasteiger partial charge on any atom is -0.497 e. The molecule has 0 saturated heterocycles. The van der Waals surface area contributed by atoms with Crippen molar-refractivity contribution >= 4 is 5.91 Å².